The Bertz CT molecular complexity index is 1100. The van der Waals surface area contributed by atoms with Gasteiger partial charge in [-0.1, -0.05) is 18.2 Å². The maximum absolute atomic E-state index is 13.1. The highest BCUT2D eigenvalue weighted by Crippen LogP contribution is 2.34. The number of hydrogen-bond donors (Lipinski definition) is 1. The van der Waals surface area contributed by atoms with Crippen molar-refractivity contribution in [2.45, 2.75) is 30.1 Å². The van der Waals surface area contributed by atoms with Crippen LogP contribution in [0.1, 0.15) is 28.8 Å². The lowest BCUT2D eigenvalue weighted by molar-refractivity contribution is -0.184. The number of hydrogen-bond acceptors (Lipinski definition) is 3. The summed E-state index contributed by atoms with van der Waals surface area (Å²) < 4.78 is 105. The summed E-state index contributed by atoms with van der Waals surface area (Å²) in [5.74, 6) is -2.49. The van der Waals surface area contributed by atoms with Gasteiger partial charge in [0.05, 0.1) is 27.6 Å². The molecular weight excluding hydrogens is 462 g/mol. The average molecular weight is 480 g/mol. The minimum Gasteiger partial charge on any atom is -0.338 e. The first-order chi connectivity index (χ1) is 14.8. The summed E-state index contributed by atoms with van der Waals surface area (Å²) in [7, 11) is -4.52. The van der Waals surface area contributed by atoms with Crippen molar-refractivity contribution >= 4 is 21.6 Å². The van der Waals surface area contributed by atoms with Crippen molar-refractivity contribution in [2.24, 2.45) is 5.92 Å². The second kappa shape index (κ2) is 8.64. The van der Waals surface area contributed by atoms with Gasteiger partial charge in [0.2, 0.25) is 0 Å². The number of likely N-dealkylation sites (tertiary alicyclic amines) is 1. The van der Waals surface area contributed by atoms with Gasteiger partial charge >= 0.3 is 12.4 Å². The summed E-state index contributed by atoms with van der Waals surface area (Å²) in [4.78, 5) is 13.2. The average Bonchev–Trinajstić information content (AvgIpc) is 2.72. The first-order valence-corrected chi connectivity index (χ1v) is 10.9. The number of para-hydroxylation sites is 1. The normalized spacial score (nSPS) is 17.8. The molecule has 1 N–H and O–H groups in total. The number of anilines is 1. The van der Waals surface area contributed by atoms with Crippen molar-refractivity contribution in [3.8, 4) is 0 Å². The zero-order chi connectivity index (χ0) is 23.7. The number of benzene rings is 2. The fourth-order valence-corrected chi connectivity index (χ4v) is 4.53. The second-order valence-corrected chi connectivity index (χ2v) is 8.99. The lowest BCUT2D eigenvalue weighted by Gasteiger charge is -2.34. The number of piperidine rings is 1. The van der Waals surface area contributed by atoms with Gasteiger partial charge in [-0.2, -0.15) is 26.3 Å². The lowest BCUT2D eigenvalue weighted by atomic mass is 9.96. The smallest absolute Gasteiger partial charge is 0.338 e. The number of rotatable bonds is 4. The van der Waals surface area contributed by atoms with E-state index in [-0.39, 0.29) is 30.6 Å². The molecule has 12 heteroatoms. The first kappa shape index (κ1) is 23.9. The molecule has 0 spiro atoms. The van der Waals surface area contributed by atoms with E-state index >= 15 is 0 Å². The van der Waals surface area contributed by atoms with Gasteiger partial charge < -0.3 is 4.90 Å². The Morgan fingerprint density at radius 3 is 2.34 bits per heavy atom. The van der Waals surface area contributed by atoms with Gasteiger partial charge in [-0.25, -0.2) is 8.42 Å². The third-order valence-corrected chi connectivity index (χ3v) is 6.41. The van der Waals surface area contributed by atoms with Gasteiger partial charge in [-0.15, -0.1) is 0 Å². The molecule has 1 unspecified atom stereocenters. The molecule has 2 aromatic carbocycles. The Morgan fingerprint density at radius 1 is 1.00 bits per heavy atom. The minimum atomic E-state index is -4.76. The lowest BCUT2D eigenvalue weighted by Crippen LogP contribution is -2.44. The highest BCUT2D eigenvalue weighted by atomic mass is 32.2. The van der Waals surface area contributed by atoms with E-state index in [4.69, 9.17) is 0 Å². The molecule has 1 amide bonds. The molecule has 5 nitrogen and oxygen atoms in total. The quantitative estimate of drug-likeness (QED) is 0.632. The van der Waals surface area contributed by atoms with Gasteiger partial charge in [0.15, 0.2) is 0 Å². The number of nitrogens with one attached hydrogen (secondary N) is 1. The Morgan fingerprint density at radius 2 is 1.69 bits per heavy atom. The van der Waals surface area contributed by atoms with Crippen molar-refractivity contribution in [2.75, 3.05) is 17.8 Å². The molecule has 0 bridgehead atoms. The van der Waals surface area contributed by atoms with Crippen LogP contribution in [0.25, 0.3) is 0 Å². The van der Waals surface area contributed by atoms with Crippen LogP contribution in [0.4, 0.5) is 32.0 Å². The SMILES string of the molecule is O=C(c1ccccc1NS(=O)(=O)c1cccc(C(F)(F)F)c1)N1CCCC(C(F)(F)F)C1. The maximum atomic E-state index is 13.1. The zero-order valence-corrected chi connectivity index (χ0v) is 17.2. The summed E-state index contributed by atoms with van der Waals surface area (Å²) in [5, 5.41) is 0. The summed E-state index contributed by atoms with van der Waals surface area (Å²) in [5.41, 5.74) is -1.62. The van der Waals surface area contributed by atoms with E-state index in [2.05, 4.69) is 4.72 Å². The predicted octanol–water partition coefficient (Wildman–Crippen LogP) is 4.92. The van der Waals surface area contributed by atoms with Gasteiger partial charge in [-0.05, 0) is 43.2 Å². The molecule has 0 aliphatic carbocycles. The zero-order valence-electron chi connectivity index (χ0n) is 16.4. The van der Waals surface area contributed by atoms with Crippen LogP contribution in [0.5, 0.6) is 0 Å². The van der Waals surface area contributed by atoms with E-state index in [9.17, 15) is 39.6 Å². The molecular formula is C20H18F6N2O3S. The van der Waals surface area contributed by atoms with Crippen molar-refractivity contribution < 1.29 is 39.6 Å². The van der Waals surface area contributed by atoms with E-state index in [1.54, 1.807) is 0 Å². The molecule has 1 aliphatic heterocycles. The molecule has 1 atom stereocenters. The van der Waals surface area contributed by atoms with Crippen molar-refractivity contribution in [3.63, 3.8) is 0 Å². The molecule has 0 aromatic heterocycles. The Balaban J connectivity index is 1.88. The largest absolute Gasteiger partial charge is 0.416 e. The summed E-state index contributed by atoms with van der Waals surface area (Å²) in [6, 6.07) is 8.29. The van der Waals surface area contributed by atoms with Crippen molar-refractivity contribution in [1.82, 2.24) is 4.90 Å². The van der Waals surface area contributed by atoms with E-state index in [1.165, 1.54) is 24.3 Å². The highest BCUT2D eigenvalue weighted by Gasteiger charge is 2.43. The maximum Gasteiger partial charge on any atom is 0.416 e. The van der Waals surface area contributed by atoms with Crippen LogP contribution in [-0.4, -0.2) is 38.5 Å². The minimum absolute atomic E-state index is 0.0696. The van der Waals surface area contributed by atoms with E-state index in [1.807, 2.05) is 0 Å². The van der Waals surface area contributed by atoms with Gasteiger partial charge in [0.25, 0.3) is 15.9 Å². The Hall–Kier alpha value is -2.76. The number of alkyl halides is 6. The van der Waals surface area contributed by atoms with E-state index in [0.717, 1.165) is 17.0 Å². The molecule has 32 heavy (non-hydrogen) atoms. The molecule has 1 saturated heterocycles. The molecule has 0 radical (unpaired) electrons. The number of halogens is 6. The Labute approximate surface area is 180 Å². The van der Waals surface area contributed by atoms with Crippen LogP contribution < -0.4 is 4.72 Å². The number of sulfonamides is 1. The topological polar surface area (TPSA) is 66.5 Å². The van der Waals surface area contributed by atoms with Crippen LogP contribution in [0, 0.1) is 5.92 Å². The van der Waals surface area contributed by atoms with Gasteiger partial charge in [0, 0.05) is 13.1 Å². The van der Waals surface area contributed by atoms with Crippen LogP contribution in [0.2, 0.25) is 0 Å². The fourth-order valence-electron chi connectivity index (χ4n) is 3.40. The molecule has 1 fully saturated rings. The Kier molecular flexibility index (Phi) is 6.45. The van der Waals surface area contributed by atoms with Crippen molar-refractivity contribution in [3.05, 3.63) is 59.7 Å². The van der Waals surface area contributed by atoms with Crippen molar-refractivity contribution in [1.29, 1.82) is 0 Å². The monoisotopic (exact) mass is 480 g/mol. The van der Waals surface area contributed by atoms with Crippen LogP contribution in [0.15, 0.2) is 53.4 Å². The summed E-state index contributed by atoms with van der Waals surface area (Å²) in [6.45, 7) is -0.489. The molecule has 1 aliphatic rings. The standard InChI is InChI=1S/C20H18F6N2O3S/c21-19(22,23)13-5-3-7-15(11-13)32(30,31)27-17-9-2-1-8-16(17)18(29)28-10-4-6-14(12-28)20(24,25)26/h1-3,5,7-9,11,14,27H,4,6,10,12H2. The van der Waals surface area contributed by atoms with Crippen LogP contribution in [0.3, 0.4) is 0 Å². The van der Waals surface area contributed by atoms with E-state index < -0.39 is 51.2 Å². The van der Waals surface area contributed by atoms with Gasteiger partial charge in [-0.3, -0.25) is 9.52 Å². The summed E-state index contributed by atoms with van der Waals surface area (Å²) >= 11 is 0. The summed E-state index contributed by atoms with van der Waals surface area (Å²) in [6.07, 6.45) is -9.21. The fraction of sp³-hybridized carbons (Fsp3) is 0.350. The first-order valence-electron chi connectivity index (χ1n) is 9.44. The number of carbonyl (C=O) groups is 1. The van der Waals surface area contributed by atoms with E-state index in [0.29, 0.717) is 12.1 Å². The van der Waals surface area contributed by atoms with Crippen LogP contribution in [-0.2, 0) is 16.2 Å². The van der Waals surface area contributed by atoms with Crippen LogP contribution >= 0.6 is 0 Å². The number of amides is 1. The molecule has 1 heterocycles. The highest BCUT2D eigenvalue weighted by molar-refractivity contribution is 7.92. The predicted molar refractivity (Wildman–Crippen MR) is 103 cm³/mol. The van der Waals surface area contributed by atoms with Gasteiger partial charge in [0.1, 0.15) is 0 Å². The number of carbonyl (C=O) groups excluding carboxylic acids is 1. The second-order valence-electron chi connectivity index (χ2n) is 7.31. The molecule has 0 saturated carbocycles. The number of nitrogens with zero attached hydrogens (tertiary/aromatic N) is 1. The molecule has 174 valence electrons. The molecule has 3 rings (SSSR count). The molecule has 2 aromatic rings. The third-order valence-electron chi connectivity index (χ3n) is 5.04. The third kappa shape index (κ3) is 5.34.